The Morgan fingerprint density at radius 2 is 2.10 bits per heavy atom. The van der Waals surface area contributed by atoms with E-state index in [1.165, 1.54) is 18.5 Å². The molecule has 2 N–H and O–H groups in total. The SMILES string of the molecule is CCn1nc(C)c(Br)c1CNC1(CO)CCC(C)CC1. The molecular weight excluding hydrogens is 318 g/mol. The molecular formula is C15H26BrN3O. The molecule has 0 aromatic carbocycles. The third-order valence-electron chi connectivity index (χ3n) is 4.62. The summed E-state index contributed by atoms with van der Waals surface area (Å²) in [6.07, 6.45) is 4.50. The van der Waals surface area contributed by atoms with Crippen molar-refractivity contribution in [1.82, 2.24) is 15.1 Å². The number of rotatable bonds is 5. The summed E-state index contributed by atoms with van der Waals surface area (Å²) in [5, 5.41) is 17.9. The molecule has 114 valence electrons. The van der Waals surface area contributed by atoms with Gasteiger partial charge in [0.25, 0.3) is 0 Å². The molecule has 1 aromatic heterocycles. The van der Waals surface area contributed by atoms with Crippen LogP contribution in [0.2, 0.25) is 0 Å². The molecule has 0 amide bonds. The Kier molecular flexibility index (Phi) is 5.26. The Balaban J connectivity index is 2.07. The van der Waals surface area contributed by atoms with Crippen molar-refractivity contribution < 1.29 is 5.11 Å². The van der Waals surface area contributed by atoms with E-state index in [1.807, 2.05) is 11.6 Å². The molecule has 1 saturated carbocycles. The van der Waals surface area contributed by atoms with E-state index in [0.29, 0.717) is 0 Å². The van der Waals surface area contributed by atoms with Gasteiger partial charge in [0.05, 0.1) is 22.5 Å². The van der Waals surface area contributed by atoms with E-state index in [2.05, 4.69) is 40.2 Å². The van der Waals surface area contributed by atoms with Crippen LogP contribution in [0, 0.1) is 12.8 Å². The van der Waals surface area contributed by atoms with E-state index in [4.69, 9.17) is 0 Å². The van der Waals surface area contributed by atoms with Crippen molar-refractivity contribution >= 4 is 15.9 Å². The molecule has 20 heavy (non-hydrogen) atoms. The second kappa shape index (κ2) is 6.58. The number of hydrogen-bond donors (Lipinski definition) is 2. The van der Waals surface area contributed by atoms with Crippen molar-refractivity contribution in [3.63, 3.8) is 0 Å². The first kappa shape index (κ1) is 16.0. The number of hydrogen-bond acceptors (Lipinski definition) is 3. The first-order chi connectivity index (χ1) is 9.51. The van der Waals surface area contributed by atoms with E-state index < -0.39 is 0 Å². The summed E-state index contributed by atoms with van der Waals surface area (Å²) >= 11 is 3.63. The van der Waals surface area contributed by atoms with Crippen molar-refractivity contribution in [2.45, 2.75) is 65.1 Å². The summed E-state index contributed by atoms with van der Waals surface area (Å²) < 4.78 is 3.12. The smallest absolute Gasteiger partial charge is 0.0739 e. The minimum absolute atomic E-state index is 0.108. The number of aryl methyl sites for hydroxylation is 2. The standard InChI is InChI=1S/C15H26BrN3O/c1-4-19-13(14(16)12(3)18-19)9-17-15(10-20)7-5-11(2)6-8-15/h11,17,20H,4-10H2,1-3H3. The van der Waals surface area contributed by atoms with Gasteiger partial charge in [-0.25, -0.2) is 0 Å². The lowest BCUT2D eigenvalue weighted by molar-refractivity contribution is 0.103. The van der Waals surface area contributed by atoms with E-state index in [9.17, 15) is 5.11 Å². The second-order valence-corrected chi connectivity index (χ2v) is 6.93. The van der Waals surface area contributed by atoms with Crippen molar-refractivity contribution in [2.75, 3.05) is 6.61 Å². The lowest BCUT2D eigenvalue weighted by Gasteiger charge is -2.39. The highest BCUT2D eigenvalue weighted by Gasteiger charge is 2.33. The molecule has 2 rings (SSSR count). The molecule has 5 heteroatoms. The van der Waals surface area contributed by atoms with Crippen LogP contribution in [-0.4, -0.2) is 27.0 Å². The molecule has 0 spiro atoms. The predicted molar refractivity (Wildman–Crippen MR) is 84.6 cm³/mol. The molecule has 0 saturated heterocycles. The van der Waals surface area contributed by atoms with Gasteiger partial charge >= 0.3 is 0 Å². The zero-order chi connectivity index (χ0) is 14.8. The van der Waals surface area contributed by atoms with Crippen LogP contribution in [0.25, 0.3) is 0 Å². The summed E-state index contributed by atoms with van der Waals surface area (Å²) in [4.78, 5) is 0. The fraction of sp³-hybridized carbons (Fsp3) is 0.800. The van der Waals surface area contributed by atoms with Gasteiger partial charge in [0.1, 0.15) is 0 Å². The van der Waals surface area contributed by atoms with Crippen LogP contribution >= 0.6 is 15.9 Å². The largest absolute Gasteiger partial charge is 0.394 e. The van der Waals surface area contributed by atoms with Crippen LogP contribution in [0.4, 0.5) is 0 Å². The van der Waals surface area contributed by atoms with Gasteiger partial charge in [-0.3, -0.25) is 4.68 Å². The Morgan fingerprint density at radius 1 is 1.45 bits per heavy atom. The molecule has 0 bridgehead atoms. The number of nitrogens with one attached hydrogen (secondary N) is 1. The second-order valence-electron chi connectivity index (χ2n) is 6.14. The van der Waals surface area contributed by atoms with Gasteiger partial charge in [-0.15, -0.1) is 0 Å². The van der Waals surface area contributed by atoms with Gasteiger partial charge in [-0.1, -0.05) is 6.92 Å². The normalized spacial score (nSPS) is 26.9. The molecule has 0 aliphatic heterocycles. The van der Waals surface area contributed by atoms with Crippen LogP contribution in [0.5, 0.6) is 0 Å². The van der Waals surface area contributed by atoms with Gasteiger partial charge in [0.2, 0.25) is 0 Å². The number of halogens is 1. The minimum atomic E-state index is -0.108. The summed E-state index contributed by atoms with van der Waals surface area (Å²) in [6.45, 7) is 8.26. The fourth-order valence-electron chi connectivity index (χ4n) is 3.01. The molecule has 1 aromatic rings. The van der Waals surface area contributed by atoms with Crippen LogP contribution in [0.3, 0.4) is 0 Å². The third-order valence-corrected chi connectivity index (χ3v) is 5.65. The average Bonchev–Trinajstić information content (AvgIpc) is 2.74. The van der Waals surface area contributed by atoms with Crippen LogP contribution in [-0.2, 0) is 13.1 Å². The Morgan fingerprint density at radius 3 is 2.65 bits per heavy atom. The quantitative estimate of drug-likeness (QED) is 0.863. The van der Waals surface area contributed by atoms with Crippen molar-refractivity contribution in [3.8, 4) is 0 Å². The summed E-state index contributed by atoms with van der Waals surface area (Å²) in [5.41, 5.74) is 2.10. The highest BCUT2D eigenvalue weighted by atomic mass is 79.9. The first-order valence-corrected chi connectivity index (χ1v) is 8.38. The summed E-state index contributed by atoms with van der Waals surface area (Å²) in [5.74, 6) is 0.784. The Hall–Kier alpha value is -0.390. The van der Waals surface area contributed by atoms with Crippen LogP contribution in [0.15, 0.2) is 4.47 Å². The molecule has 0 radical (unpaired) electrons. The van der Waals surface area contributed by atoms with Crippen molar-refractivity contribution in [2.24, 2.45) is 5.92 Å². The number of aromatic nitrogens is 2. The molecule has 1 fully saturated rings. The minimum Gasteiger partial charge on any atom is -0.394 e. The van der Waals surface area contributed by atoms with Crippen molar-refractivity contribution in [3.05, 3.63) is 15.9 Å². The van der Waals surface area contributed by atoms with Crippen LogP contribution < -0.4 is 5.32 Å². The highest BCUT2D eigenvalue weighted by Crippen LogP contribution is 2.32. The molecule has 4 nitrogen and oxygen atoms in total. The zero-order valence-electron chi connectivity index (χ0n) is 12.7. The van der Waals surface area contributed by atoms with Gasteiger partial charge < -0.3 is 10.4 Å². The molecule has 1 aliphatic rings. The monoisotopic (exact) mass is 343 g/mol. The van der Waals surface area contributed by atoms with Gasteiger partial charge in [0, 0.05) is 18.6 Å². The third kappa shape index (κ3) is 3.26. The molecule has 0 unspecified atom stereocenters. The fourth-order valence-corrected chi connectivity index (χ4v) is 3.44. The first-order valence-electron chi connectivity index (χ1n) is 7.59. The van der Waals surface area contributed by atoms with Gasteiger partial charge in [-0.2, -0.15) is 5.10 Å². The summed E-state index contributed by atoms with van der Waals surface area (Å²) in [7, 11) is 0. The Labute approximate surface area is 130 Å². The van der Waals surface area contributed by atoms with E-state index >= 15 is 0 Å². The molecule has 1 aliphatic carbocycles. The summed E-state index contributed by atoms with van der Waals surface area (Å²) in [6, 6.07) is 0. The number of nitrogens with zero attached hydrogens (tertiary/aromatic N) is 2. The van der Waals surface area contributed by atoms with Gasteiger partial charge in [-0.05, 0) is 61.4 Å². The van der Waals surface area contributed by atoms with Crippen LogP contribution in [0.1, 0.15) is 50.9 Å². The van der Waals surface area contributed by atoms with Crippen molar-refractivity contribution in [1.29, 1.82) is 0 Å². The van der Waals surface area contributed by atoms with Gasteiger partial charge in [0.15, 0.2) is 0 Å². The lowest BCUT2D eigenvalue weighted by atomic mass is 9.77. The van der Waals surface area contributed by atoms with E-state index in [1.54, 1.807) is 0 Å². The lowest BCUT2D eigenvalue weighted by Crippen LogP contribution is -2.50. The molecule has 0 atom stereocenters. The van der Waals surface area contributed by atoms with E-state index in [0.717, 1.165) is 42.0 Å². The zero-order valence-corrected chi connectivity index (χ0v) is 14.3. The number of aliphatic hydroxyl groups is 1. The highest BCUT2D eigenvalue weighted by molar-refractivity contribution is 9.10. The topological polar surface area (TPSA) is 50.1 Å². The number of aliphatic hydroxyl groups excluding tert-OH is 1. The predicted octanol–water partition coefficient (Wildman–Crippen LogP) is 3.00. The maximum atomic E-state index is 9.81. The Bertz CT molecular complexity index is 450. The average molecular weight is 344 g/mol. The maximum Gasteiger partial charge on any atom is 0.0739 e. The maximum absolute atomic E-state index is 9.81. The molecule has 1 heterocycles. The van der Waals surface area contributed by atoms with E-state index in [-0.39, 0.29) is 12.1 Å².